The van der Waals surface area contributed by atoms with Crippen LogP contribution in [0, 0.1) is 0 Å². The van der Waals surface area contributed by atoms with Crippen LogP contribution >= 0.6 is 0 Å². The Morgan fingerprint density at radius 1 is 1.12 bits per heavy atom. The van der Waals surface area contributed by atoms with Crippen LogP contribution in [0.1, 0.15) is 12.8 Å². The first-order chi connectivity index (χ1) is 3.91. The Hall–Kier alpha value is -0.220. The highest BCUT2D eigenvalue weighted by Gasteiger charge is 1.94. The minimum absolute atomic E-state index is 1.00. The lowest BCUT2D eigenvalue weighted by Gasteiger charge is -1.76. The van der Waals surface area contributed by atoms with Gasteiger partial charge in [-0.3, -0.25) is 0 Å². The second kappa shape index (κ2) is 6.78. The van der Waals surface area contributed by atoms with Crippen molar-refractivity contribution in [2.24, 2.45) is 0 Å². The van der Waals surface area contributed by atoms with Crippen molar-refractivity contribution < 1.29 is 18.9 Å². The van der Waals surface area contributed by atoms with E-state index in [0.717, 1.165) is 13.2 Å². The Bertz CT molecular complexity index is 31.4. The predicted octanol–water partition coefficient (Wildman–Crippen LogP) is 1.57. The lowest BCUT2D eigenvalue weighted by atomic mass is 10.4. The van der Waals surface area contributed by atoms with Gasteiger partial charge in [-0.15, -0.1) is 0 Å². The summed E-state index contributed by atoms with van der Waals surface area (Å²) in [6.45, 7) is 2.00. The molecular formula is C4H8F2O2. The van der Waals surface area contributed by atoms with Crippen LogP contribution in [0.4, 0.5) is 9.05 Å². The Morgan fingerprint density at radius 3 is 1.62 bits per heavy atom. The van der Waals surface area contributed by atoms with Crippen molar-refractivity contribution in [2.75, 3.05) is 13.2 Å². The predicted molar refractivity (Wildman–Crippen MR) is 23.4 cm³/mol. The molecule has 0 aromatic heterocycles. The zero-order valence-electron chi connectivity index (χ0n) is 4.40. The van der Waals surface area contributed by atoms with Crippen molar-refractivity contribution in [2.45, 2.75) is 12.8 Å². The fourth-order valence-electron chi connectivity index (χ4n) is 0.510. The lowest BCUT2D eigenvalue weighted by molar-refractivity contribution is -0.317. The quantitative estimate of drug-likeness (QED) is 0.490. The summed E-state index contributed by atoms with van der Waals surface area (Å²) in [7, 11) is 0. The van der Waals surface area contributed by atoms with Crippen molar-refractivity contribution in [3.63, 3.8) is 0 Å². The molecular weight excluding hydrogens is 118 g/mol. The largest absolute Gasteiger partial charge is 0.381 e. The Kier molecular flexibility index (Phi) is 6.59. The lowest BCUT2D eigenvalue weighted by Crippen LogP contribution is -1.74. The molecule has 0 aromatic rings. The van der Waals surface area contributed by atoms with Crippen LogP contribution in [-0.2, 0) is 9.88 Å². The third kappa shape index (κ3) is 5.78. The topological polar surface area (TPSA) is 18.5 Å². The number of hydrogen-bond donors (Lipinski definition) is 0. The molecule has 1 aliphatic rings. The molecule has 0 bridgehead atoms. The van der Waals surface area contributed by atoms with E-state index < -0.39 is 0 Å². The molecule has 0 unspecified atom stereocenters. The van der Waals surface area contributed by atoms with Crippen LogP contribution in [0.25, 0.3) is 0 Å². The average molecular weight is 126 g/mol. The molecule has 0 saturated carbocycles. The molecule has 0 aromatic carbocycles. The molecule has 1 rings (SSSR count). The fraction of sp³-hybridized carbons (Fsp3) is 1.00. The smallest absolute Gasteiger partial charge is 0.0466 e. The number of halogens is 2. The summed E-state index contributed by atoms with van der Waals surface area (Å²) in [6, 6.07) is 0. The Balaban J connectivity index is 0.000000145. The van der Waals surface area contributed by atoms with E-state index in [0.29, 0.717) is 0 Å². The van der Waals surface area contributed by atoms with Crippen molar-refractivity contribution in [3.05, 3.63) is 0 Å². The van der Waals surface area contributed by atoms with Gasteiger partial charge in [-0.1, -0.05) is 0 Å². The first kappa shape index (κ1) is 7.78. The standard InChI is InChI=1S/C4H8O.F2O/c1-2-4-5-3-1;1-3-2/h1-4H2;. The van der Waals surface area contributed by atoms with Crippen molar-refractivity contribution in [3.8, 4) is 0 Å². The van der Waals surface area contributed by atoms with Crippen LogP contribution < -0.4 is 0 Å². The highest BCUT2D eigenvalue weighted by molar-refractivity contribution is 4.43. The molecule has 50 valence electrons. The van der Waals surface area contributed by atoms with E-state index in [1.54, 1.807) is 0 Å². The summed E-state index contributed by atoms with van der Waals surface area (Å²) in [5.41, 5.74) is 0. The van der Waals surface area contributed by atoms with E-state index in [2.05, 4.69) is 0 Å². The minimum atomic E-state index is 1.00. The molecule has 0 N–H and O–H groups in total. The molecule has 8 heavy (non-hydrogen) atoms. The maximum absolute atomic E-state index is 9.12. The zero-order valence-corrected chi connectivity index (χ0v) is 4.40. The average Bonchev–Trinajstić information content (AvgIpc) is 2.17. The van der Waals surface area contributed by atoms with Crippen molar-refractivity contribution in [1.82, 2.24) is 0 Å². The van der Waals surface area contributed by atoms with E-state index in [1.807, 2.05) is 0 Å². The molecule has 0 spiro atoms. The summed E-state index contributed by atoms with van der Waals surface area (Å²) in [5, 5.41) is 1.25. The molecule has 0 aliphatic carbocycles. The second-order valence-electron chi connectivity index (χ2n) is 1.38. The highest BCUT2D eigenvalue weighted by atomic mass is 19.6. The second-order valence-corrected chi connectivity index (χ2v) is 1.38. The van der Waals surface area contributed by atoms with Gasteiger partial charge in [0.05, 0.1) is 0 Å². The molecule has 2 nitrogen and oxygen atoms in total. The van der Waals surface area contributed by atoms with Crippen LogP contribution in [0.15, 0.2) is 0 Å². The summed E-state index contributed by atoms with van der Waals surface area (Å²) < 4.78 is 23.2. The summed E-state index contributed by atoms with van der Waals surface area (Å²) in [4.78, 5) is 0. The van der Waals surface area contributed by atoms with Gasteiger partial charge in [0.2, 0.25) is 0 Å². The fourth-order valence-corrected chi connectivity index (χ4v) is 0.510. The Labute approximate surface area is 46.2 Å². The van der Waals surface area contributed by atoms with Crippen molar-refractivity contribution >= 4 is 0 Å². The summed E-state index contributed by atoms with van der Waals surface area (Å²) in [6.07, 6.45) is 2.56. The summed E-state index contributed by atoms with van der Waals surface area (Å²) in [5.74, 6) is 0. The number of ether oxygens (including phenoxy) is 1. The van der Waals surface area contributed by atoms with Gasteiger partial charge in [-0.05, 0) is 21.9 Å². The monoisotopic (exact) mass is 126 g/mol. The number of hydrogen-bond acceptors (Lipinski definition) is 2. The molecule has 1 saturated heterocycles. The van der Waals surface area contributed by atoms with E-state index >= 15 is 0 Å². The highest BCUT2D eigenvalue weighted by Crippen LogP contribution is 1.98. The van der Waals surface area contributed by atoms with Gasteiger partial charge in [0, 0.05) is 18.4 Å². The SMILES string of the molecule is C1CCOC1.FOF. The molecule has 1 aliphatic heterocycles. The first-order valence-corrected chi connectivity index (χ1v) is 2.39. The van der Waals surface area contributed by atoms with E-state index in [4.69, 9.17) is 13.8 Å². The van der Waals surface area contributed by atoms with Crippen LogP contribution in [0.3, 0.4) is 0 Å². The molecule has 0 amide bonds. The van der Waals surface area contributed by atoms with Gasteiger partial charge >= 0.3 is 0 Å². The summed E-state index contributed by atoms with van der Waals surface area (Å²) >= 11 is 0. The maximum Gasteiger partial charge on any atom is 0.0466 e. The first-order valence-electron chi connectivity index (χ1n) is 2.39. The van der Waals surface area contributed by atoms with Crippen LogP contribution in [0.2, 0.25) is 0 Å². The van der Waals surface area contributed by atoms with Crippen LogP contribution in [-0.4, -0.2) is 13.2 Å². The van der Waals surface area contributed by atoms with Gasteiger partial charge < -0.3 is 4.74 Å². The number of rotatable bonds is 0. The normalized spacial score (nSPS) is 17.2. The zero-order chi connectivity index (χ0) is 6.24. The molecule has 1 fully saturated rings. The maximum atomic E-state index is 9.12. The van der Waals surface area contributed by atoms with E-state index in [1.165, 1.54) is 18.0 Å². The van der Waals surface area contributed by atoms with Gasteiger partial charge in [-0.25, -0.2) is 0 Å². The Morgan fingerprint density at radius 2 is 1.50 bits per heavy atom. The molecule has 0 radical (unpaired) electrons. The van der Waals surface area contributed by atoms with E-state index in [-0.39, 0.29) is 0 Å². The molecule has 0 atom stereocenters. The van der Waals surface area contributed by atoms with Crippen LogP contribution in [0.5, 0.6) is 0 Å². The van der Waals surface area contributed by atoms with Gasteiger partial charge in [0.15, 0.2) is 0 Å². The van der Waals surface area contributed by atoms with Crippen molar-refractivity contribution in [1.29, 1.82) is 0 Å². The van der Waals surface area contributed by atoms with Gasteiger partial charge in [0.25, 0.3) is 0 Å². The molecule has 1 heterocycles. The van der Waals surface area contributed by atoms with Gasteiger partial charge in [0.1, 0.15) is 0 Å². The third-order valence-electron chi connectivity index (χ3n) is 0.827. The molecule has 4 heteroatoms. The third-order valence-corrected chi connectivity index (χ3v) is 0.827. The minimum Gasteiger partial charge on any atom is -0.381 e. The van der Waals surface area contributed by atoms with Gasteiger partial charge in [-0.2, -0.15) is 0 Å². The van der Waals surface area contributed by atoms with E-state index in [9.17, 15) is 0 Å².